The van der Waals surface area contributed by atoms with Crippen LogP contribution >= 0.6 is 0 Å². The van der Waals surface area contributed by atoms with Crippen molar-refractivity contribution < 1.29 is 0 Å². The minimum atomic E-state index is 0.772. The van der Waals surface area contributed by atoms with Crippen molar-refractivity contribution in [1.82, 2.24) is 24.7 Å². The molecule has 6 nitrogen and oxygen atoms in total. The standard InChI is InChI=1S/C12H18N6/c1-3-4-11-7-15-10(2)17-12(11)14-5-6-18-9-13-8-16-18/h7-9H,3-6H2,1-2H3,(H,14,15,17). The van der Waals surface area contributed by atoms with E-state index in [1.807, 2.05) is 13.1 Å². The van der Waals surface area contributed by atoms with E-state index in [0.717, 1.165) is 37.6 Å². The molecule has 2 aromatic heterocycles. The quantitative estimate of drug-likeness (QED) is 0.835. The number of rotatable bonds is 6. The molecule has 0 fully saturated rings. The zero-order chi connectivity index (χ0) is 12.8. The third-order valence-electron chi connectivity index (χ3n) is 2.60. The van der Waals surface area contributed by atoms with Crippen LogP contribution in [0.25, 0.3) is 0 Å². The molecule has 0 amide bonds. The second-order valence-electron chi connectivity index (χ2n) is 4.13. The van der Waals surface area contributed by atoms with Gasteiger partial charge in [-0.15, -0.1) is 0 Å². The predicted molar refractivity (Wildman–Crippen MR) is 69.3 cm³/mol. The molecule has 0 atom stereocenters. The van der Waals surface area contributed by atoms with Crippen molar-refractivity contribution in [3.05, 3.63) is 30.2 Å². The molecule has 0 aliphatic heterocycles. The first kappa shape index (κ1) is 12.5. The van der Waals surface area contributed by atoms with Crippen LogP contribution in [0.2, 0.25) is 0 Å². The van der Waals surface area contributed by atoms with Gasteiger partial charge >= 0.3 is 0 Å². The average Bonchev–Trinajstić information content (AvgIpc) is 2.86. The largest absolute Gasteiger partial charge is 0.368 e. The van der Waals surface area contributed by atoms with E-state index < -0.39 is 0 Å². The van der Waals surface area contributed by atoms with Gasteiger partial charge in [-0.2, -0.15) is 5.10 Å². The van der Waals surface area contributed by atoms with E-state index in [1.54, 1.807) is 11.0 Å². The Hall–Kier alpha value is -1.98. The number of nitrogens with zero attached hydrogens (tertiary/aromatic N) is 5. The van der Waals surface area contributed by atoms with Crippen LogP contribution in [0.1, 0.15) is 24.7 Å². The Bertz CT molecular complexity index is 479. The lowest BCUT2D eigenvalue weighted by atomic mass is 10.2. The average molecular weight is 246 g/mol. The third-order valence-corrected chi connectivity index (χ3v) is 2.60. The van der Waals surface area contributed by atoms with Gasteiger partial charge in [0.1, 0.15) is 24.3 Å². The number of anilines is 1. The second kappa shape index (κ2) is 6.09. The molecule has 96 valence electrons. The Morgan fingerprint density at radius 3 is 3.00 bits per heavy atom. The van der Waals surface area contributed by atoms with Gasteiger partial charge in [0.2, 0.25) is 0 Å². The highest BCUT2D eigenvalue weighted by Crippen LogP contribution is 2.13. The summed E-state index contributed by atoms with van der Waals surface area (Å²) in [6, 6.07) is 0. The molecule has 2 rings (SSSR count). The Kier molecular flexibility index (Phi) is 4.22. The van der Waals surface area contributed by atoms with Gasteiger partial charge in [0.15, 0.2) is 0 Å². The van der Waals surface area contributed by atoms with Crippen LogP contribution in [0.5, 0.6) is 0 Å². The molecule has 18 heavy (non-hydrogen) atoms. The van der Waals surface area contributed by atoms with Gasteiger partial charge in [0, 0.05) is 18.3 Å². The van der Waals surface area contributed by atoms with Crippen molar-refractivity contribution in [3.8, 4) is 0 Å². The van der Waals surface area contributed by atoms with Crippen molar-refractivity contribution >= 4 is 5.82 Å². The van der Waals surface area contributed by atoms with E-state index in [1.165, 1.54) is 11.9 Å². The zero-order valence-electron chi connectivity index (χ0n) is 10.8. The van der Waals surface area contributed by atoms with Crippen LogP contribution in [-0.4, -0.2) is 31.3 Å². The van der Waals surface area contributed by atoms with Crippen LogP contribution in [0.3, 0.4) is 0 Å². The fourth-order valence-corrected chi connectivity index (χ4v) is 1.74. The number of aryl methyl sites for hydroxylation is 2. The molecule has 0 radical (unpaired) electrons. The van der Waals surface area contributed by atoms with Gasteiger partial charge in [0.05, 0.1) is 6.54 Å². The molecular formula is C12H18N6. The SMILES string of the molecule is CCCc1cnc(C)nc1NCCn1cncn1. The van der Waals surface area contributed by atoms with E-state index in [-0.39, 0.29) is 0 Å². The minimum Gasteiger partial charge on any atom is -0.368 e. The summed E-state index contributed by atoms with van der Waals surface area (Å²) in [5, 5.41) is 7.39. The monoisotopic (exact) mass is 246 g/mol. The molecule has 0 saturated carbocycles. The fraction of sp³-hybridized carbons (Fsp3) is 0.500. The summed E-state index contributed by atoms with van der Waals surface area (Å²) >= 11 is 0. The molecule has 1 N–H and O–H groups in total. The van der Waals surface area contributed by atoms with Crippen LogP contribution in [0, 0.1) is 6.92 Å². The summed E-state index contributed by atoms with van der Waals surface area (Å²) in [4.78, 5) is 12.6. The Morgan fingerprint density at radius 2 is 2.28 bits per heavy atom. The first-order chi connectivity index (χ1) is 8.79. The maximum atomic E-state index is 4.44. The Morgan fingerprint density at radius 1 is 1.39 bits per heavy atom. The van der Waals surface area contributed by atoms with Gasteiger partial charge in [-0.3, -0.25) is 4.68 Å². The molecule has 0 aliphatic carbocycles. The highest BCUT2D eigenvalue weighted by atomic mass is 15.3. The minimum absolute atomic E-state index is 0.772. The molecular weight excluding hydrogens is 228 g/mol. The third kappa shape index (κ3) is 3.26. The van der Waals surface area contributed by atoms with Crippen molar-refractivity contribution in [2.75, 3.05) is 11.9 Å². The van der Waals surface area contributed by atoms with E-state index in [4.69, 9.17) is 0 Å². The lowest BCUT2D eigenvalue weighted by Crippen LogP contribution is -2.13. The summed E-state index contributed by atoms with van der Waals surface area (Å²) in [7, 11) is 0. The van der Waals surface area contributed by atoms with Crippen molar-refractivity contribution in [2.45, 2.75) is 33.2 Å². The van der Waals surface area contributed by atoms with Crippen molar-refractivity contribution in [1.29, 1.82) is 0 Å². The second-order valence-corrected chi connectivity index (χ2v) is 4.13. The van der Waals surface area contributed by atoms with Gasteiger partial charge in [-0.25, -0.2) is 15.0 Å². The summed E-state index contributed by atoms with van der Waals surface area (Å²) < 4.78 is 1.79. The maximum absolute atomic E-state index is 4.44. The molecule has 0 bridgehead atoms. The topological polar surface area (TPSA) is 68.5 Å². The smallest absolute Gasteiger partial charge is 0.137 e. The van der Waals surface area contributed by atoms with Crippen molar-refractivity contribution in [2.24, 2.45) is 0 Å². The predicted octanol–water partition coefficient (Wildman–Crippen LogP) is 1.44. The Balaban J connectivity index is 1.96. The first-order valence-corrected chi connectivity index (χ1v) is 6.18. The summed E-state index contributed by atoms with van der Waals surface area (Å²) in [6.07, 6.45) is 7.23. The van der Waals surface area contributed by atoms with Gasteiger partial charge in [-0.1, -0.05) is 13.3 Å². The molecule has 2 aromatic rings. The lowest BCUT2D eigenvalue weighted by molar-refractivity contribution is 0.634. The van der Waals surface area contributed by atoms with E-state index >= 15 is 0 Å². The van der Waals surface area contributed by atoms with E-state index in [0.29, 0.717) is 0 Å². The van der Waals surface area contributed by atoms with Gasteiger partial charge in [0.25, 0.3) is 0 Å². The number of aromatic nitrogens is 5. The highest BCUT2D eigenvalue weighted by Gasteiger charge is 2.04. The number of hydrogen-bond acceptors (Lipinski definition) is 5. The number of hydrogen-bond donors (Lipinski definition) is 1. The molecule has 0 spiro atoms. The molecule has 0 saturated heterocycles. The lowest BCUT2D eigenvalue weighted by Gasteiger charge is -2.10. The molecule has 0 aromatic carbocycles. The summed E-state index contributed by atoms with van der Waals surface area (Å²) in [5.41, 5.74) is 1.17. The maximum Gasteiger partial charge on any atom is 0.137 e. The van der Waals surface area contributed by atoms with Crippen LogP contribution in [0.15, 0.2) is 18.9 Å². The van der Waals surface area contributed by atoms with Gasteiger partial charge < -0.3 is 5.32 Å². The van der Waals surface area contributed by atoms with Crippen LogP contribution < -0.4 is 5.32 Å². The van der Waals surface area contributed by atoms with Crippen LogP contribution in [-0.2, 0) is 13.0 Å². The van der Waals surface area contributed by atoms with E-state index in [9.17, 15) is 0 Å². The van der Waals surface area contributed by atoms with Crippen LogP contribution in [0.4, 0.5) is 5.82 Å². The fourth-order valence-electron chi connectivity index (χ4n) is 1.74. The summed E-state index contributed by atoms with van der Waals surface area (Å²) in [5.74, 6) is 1.72. The van der Waals surface area contributed by atoms with Gasteiger partial charge in [-0.05, 0) is 13.3 Å². The normalized spacial score (nSPS) is 10.6. The highest BCUT2D eigenvalue weighted by molar-refractivity contribution is 5.42. The zero-order valence-corrected chi connectivity index (χ0v) is 10.8. The number of nitrogens with one attached hydrogen (secondary N) is 1. The molecule has 2 heterocycles. The Labute approximate surface area is 106 Å². The van der Waals surface area contributed by atoms with Crippen molar-refractivity contribution in [3.63, 3.8) is 0 Å². The van der Waals surface area contributed by atoms with E-state index in [2.05, 4.69) is 32.3 Å². The molecule has 6 heteroatoms. The molecule has 0 unspecified atom stereocenters. The summed E-state index contributed by atoms with van der Waals surface area (Å²) in [6.45, 7) is 5.60. The first-order valence-electron chi connectivity index (χ1n) is 6.18. The molecule has 0 aliphatic rings.